The number of nitrogens with zero attached hydrogens (tertiary/aromatic N) is 2. The second-order valence-electron chi connectivity index (χ2n) is 6.00. The van der Waals surface area contributed by atoms with Gasteiger partial charge in [-0.15, -0.1) is 10.2 Å². The van der Waals surface area contributed by atoms with Crippen LogP contribution in [-0.2, 0) is 11.3 Å². The highest BCUT2D eigenvalue weighted by molar-refractivity contribution is 5.91. The molecule has 2 heterocycles. The maximum Gasteiger partial charge on any atom is 0.283 e. The fourth-order valence-corrected chi connectivity index (χ4v) is 2.64. The quantitative estimate of drug-likeness (QED) is 0.628. The van der Waals surface area contributed by atoms with Crippen LogP contribution < -0.4 is 10.2 Å². The maximum absolute atomic E-state index is 13.7. The van der Waals surface area contributed by atoms with Crippen molar-refractivity contribution in [1.82, 2.24) is 10.2 Å². The van der Waals surface area contributed by atoms with Gasteiger partial charge in [0.05, 0.1) is 18.5 Å². The minimum absolute atomic E-state index is 0.0601. The Morgan fingerprint density at radius 2 is 2.11 bits per heavy atom. The fourth-order valence-electron chi connectivity index (χ4n) is 2.64. The van der Waals surface area contributed by atoms with Crippen LogP contribution in [0.5, 0.6) is 0 Å². The van der Waals surface area contributed by atoms with Crippen molar-refractivity contribution < 1.29 is 27.3 Å². The predicted octanol–water partition coefficient (Wildman–Crippen LogP) is 2.04. The molecule has 0 fully saturated rings. The van der Waals surface area contributed by atoms with Crippen molar-refractivity contribution in [2.75, 3.05) is 18.4 Å². The lowest BCUT2D eigenvalue weighted by molar-refractivity contribution is -0.907. The van der Waals surface area contributed by atoms with Crippen molar-refractivity contribution in [2.45, 2.75) is 19.9 Å². The molecule has 0 aliphatic rings. The number of benzene rings is 1. The smallest absolute Gasteiger partial charge is 0.283 e. The third kappa shape index (κ3) is 4.98. The lowest BCUT2D eigenvalue weighted by Gasteiger charge is -2.16. The van der Waals surface area contributed by atoms with E-state index in [0.29, 0.717) is 24.7 Å². The van der Waals surface area contributed by atoms with Crippen molar-refractivity contribution in [2.24, 2.45) is 0 Å². The fraction of sp³-hybridized carbons (Fsp3) is 0.278. The van der Waals surface area contributed by atoms with E-state index in [1.54, 1.807) is 12.1 Å². The van der Waals surface area contributed by atoms with E-state index in [4.69, 9.17) is 8.83 Å². The number of hydrogen-bond donors (Lipinski definition) is 2. The molecule has 3 rings (SSSR count). The number of rotatable bonds is 8. The summed E-state index contributed by atoms with van der Waals surface area (Å²) in [5.41, 5.74) is -0.0601. The number of carbonyl (C=O) groups is 1. The van der Waals surface area contributed by atoms with Crippen molar-refractivity contribution in [3.63, 3.8) is 0 Å². The molecular weight excluding hydrogens is 358 g/mol. The molecule has 0 aliphatic carbocycles. The number of halogens is 2. The summed E-state index contributed by atoms with van der Waals surface area (Å²) in [7, 11) is 0. The summed E-state index contributed by atoms with van der Waals surface area (Å²) in [5, 5.41) is 10.4. The molecule has 0 saturated heterocycles. The zero-order chi connectivity index (χ0) is 19.2. The van der Waals surface area contributed by atoms with Gasteiger partial charge in [0.2, 0.25) is 0 Å². The molecule has 0 aliphatic heterocycles. The molecule has 27 heavy (non-hydrogen) atoms. The van der Waals surface area contributed by atoms with E-state index in [2.05, 4.69) is 15.5 Å². The van der Waals surface area contributed by atoms with Crippen LogP contribution in [0.25, 0.3) is 11.7 Å². The van der Waals surface area contributed by atoms with Crippen LogP contribution in [0.1, 0.15) is 19.2 Å². The Morgan fingerprint density at radius 3 is 2.81 bits per heavy atom. The van der Waals surface area contributed by atoms with Gasteiger partial charge in [-0.05, 0) is 30.7 Å². The molecule has 1 unspecified atom stereocenters. The molecule has 142 valence electrons. The highest BCUT2D eigenvalue weighted by atomic mass is 19.1. The lowest BCUT2D eigenvalue weighted by atomic mass is 10.3. The monoisotopic (exact) mass is 377 g/mol. The molecule has 2 aromatic heterocycles. The summed E-state index contributed by atoms with van der Waals surface area (Å²) in [4.78, 5) is 13.1. The van der Waals surface area contributed by atoms with Crippen LogP contribution in [0, 0.1) is 11.6 Å². The molecule has 3 aromatic rings. The summed E-state index contributed by atoms with van der Waals surface area (Å²) in [6.07, 6.45) is 2.33. The Morgan fingerprint density at radius 1 is 1.26 bits per heavy atom. The van der Waals surface area contributed by atoms with E-state index >= 15 is 0 Å². The number of hydrogen-bond acceptors (Lipinski definition) is 5. The molecule has 0 saturated carbocycles. The average Bonchev–Trinajstić information content (AvgIpc) is 3.29. The van der Waals surface area contributed by atoms with Gasteiger partial charge in [0, 0.05) is 6.07 Å². The van der Waals surface area contributed by atoms with E-state index in [-0.39, 0.29) is 18.1 Å². The van der Waals surface area contributed by atoms with E-state index < -0.39 is 17.5 Å². The predicted molar refractivity (Wildman–Crippen MR) is 91.7 cm³/mol. The number of anilines is 1. The summed E-state index contributed by atoms with van der Waals surface area (Å²) < 4.78 is 37.4. The van der Waals surface area contributed by atoms with Gasteiger partial charge in [0.15, 0.2) is 18.8 Å². The first-order valence-corrected chi connectivity index (χ1v) is 8.50. The van der Waals surface area contributed by atoms with Crippen molar-refractivity contribution in [3.8, 4) is 11.7 Å². The van der Waals surface area contributed by atoms with E-state index in [9.17, 15) is 13.6 Å². The number of amides is 1. The van der Waals surface area contributed by atoms with Crippen molar-refractivity contribution in [1.29, 1.82) is 0 Å². The van der Waals surface area contributed by atoms with Gasteiger partial charge in [0.25, 0.3) is 17.7 Å². The van der Waals surface area contributed by atoms with Crippen LogP contribution >= 0.6 is 0 Å². The van der Waals surface area contributed by atoms with E-state index in [0.717, 1.165) is 23.5 Å². The summed E-state index contributed by atoms with van der Waals surface area (Å²) in [6, 6.07) is 6.42. The lowest BCUT2D eigenvalue weighted by Crippen LogP contribution is -3.11. The van der Waals surface area contributed by atoms with Crippen LogP contribution in [0.3, 0.4) is 0 Å². The Balaban J connectivity index is 1.62. The normalized spacial score (nSPS) is 12.1. The Bertz CT molecular complexity index is 896. The molecule has 0 spiro atoms. The summed E-state index contributed by atoms with van der Waals surface area (Å²) in [6.45, 7) is 3.07. The van der Waals surface area contributed by atoms with Crippen molar-refractivity contribution in [3.05, 3.63) is 54.1 Å². The highest BCUT2D eigenvalue weighted by Gasteiger charge is 2.20. The maximum atomic E-state index is 13.7. The Labute approximate surface area is 154 Å². The molecule has 1 aromatic carbocycles. The zero-order valence-electron chi connectivity index (χ0n) is 14.7. The van der Waals surface area contributed by atoms with E-state index in [1.807, 2.05) is 6.92 Å². The first-order valence-electron chi connectivity index (χ1n) is 8.50. The molecule has 1 amide bonds. The number of quaternary nitrogens is 1. The van der Waals surface area contributed by atoms with Gasteiger partial charge in [0.1, 0.15) is 11.6 Å². The van der Waals surface area contributed by atoms with Crippen LogP contribution in [0.15, 0.2) is 45.4 Å². The van der Waals surface area contributed by atoms with Gasteiger partial charge in [-0.3, -0.25) is 4.79 Å². The minimum Gasteiger partial charge on any atom is -0.459 e. The summed E-state index contributed by atoms with van der Waals surface area (Å²) in [5.74, 6) is -0.813. The second-order valence-corrected chi connectivity index (χ2v) is 6.00. The van der Waals surface area contributed by atoms with Gasteiger partial charge in [-0.25, -0.2) is 8.78 Å². The summed E-state index contributed by atoms with van der Waals surface area (Å²) >= 11 is 0. The van der Waals surface area contributed by atoms with Gasteiger partial charge in [-0.2, -0.15) is 0 Å². The van der Waals surface area contributed by atoms with Crippen molar-refractivity contribution >= 4 is 11.6 Å². The zero-order valence-corrected chi connectivity index (χ0v) is 14.7. The first-order chi connectivity index (χ1) is 13.0. The third-order valence-electron chi connectivity index (χ3n) is 3.82. The molecule has 9 heteroatoms. The average molecular weight is 377 g/mol. The molecular formula is C18H19F2N4O3+. The van der Waals surface area contributed by atoms with Gasteiger partial charge in [-0.1, -0.05) is 6.92 Å². The molecule has 2 N–H and O–H groups in total. The Kier molecular flexibility index (Phi) is 5.92. The number of furan rings is 1. The Hall–Kier alpha value is -3.07. The number of aromatic nitrogens is 2. The first kappa shape index (κ1) is 18.7. The largest absolute Gasteiger partial charge is 0.459 e. The molecule has 0 radical (unpaired) electrons. The molecule has 7 nitrogen and oxygen atoms in total. The van der Waals surface area contributed by atoms with Gasteiger partial charge < -0.3 is 19.1 Å². The van der Waals surface area contributed by atoms with Crippen LogP contribution in [-0.4, -0.2) is 29.2 Å². The third-order valence-corrected chi connectivity index (χ3v) is 3.82. The van der Waals surface area contributed by atoms with E-state index in [1.165, 1.54) is 12.3 Å². The van der Waals surface area contributed by atoms with Crippen LogP contribution in [0.2, 0.25) is 0 Å². The van der Waals surface area contributed by atoms with Crippen LogP contribution in [0.4, 0.5) is 14.5 Å². The topological polar surface area (TPSA) is 85.6 Å². The molecule has 0 bridgehead atoms. The standard InChI is InChI=1S/C18H18F2N4O3/c1-2-7-24(10-16(25)21-14-6-5-12(19)9-13(14)20)11-17-22-23-18(27-17)15-4-3-8-26-15/h3-6,8-9H,2,7,10-11H2,1H3,(H,21,25)/p+1. The molecule has 1 atom stereocenters. The number of carbonyl (C=O) groups excluding carboxylic acids is 1. The number of nitrogens with one attached hydrogen (secondary N) is 2. The highest BCUT2D eigenvalue weighted by Crippen LogP contribution is 2.17. The SMILES string of the molecule is CCC[NH+](CC(=O)Nc1ccc(F)cc1F)Cc1nnc(-c2ccco2)o1. The second kappa shape index (κ2) is 8.54. The minimum atomic E-state index is -0.819. The van der Waals surface area contributed by atoms with Gasteiger partial charge >= 0.3 is 0 Å².